The first kappa shape index (κ1) is 24.9. The van der Waals surface area contributed by atoms with E-state index in [9.17, 15) is 9.59 Å². The van der Waals surface area contributed by atoms with Gasteiger partial charge in [-0.2, -0.15) is 0 Å². The molecule has 0 N–H and O–H groups in total. The second-order valence-electron chi connectivity index (χ2n) is 9.95. The van der Waals surface area contributed by atoms with Gasteiger partial charge in [-0.25, -0.2) is 4.79 Å². The number of ether oxygens (including phenoxy) is 5. The molecule has 0 amide bonds. The Hall–Kier alpha value is -2.24. The lowest BCUT2D eigenvalue weighted by Gasteiger charge is -2.34. The molecular formula is C27H34O7. The SMILES string of the molecule is CCOC(=O)C(Cc1ccccc1)(OC[C@H]1O[C@@H]2OC(C)(C)O[C@@H]2[C@@]1(C)C#CC1CC1)C(C)=O. The van der Waals surface area contributed by atoms with Gasteiger partial charge in [-0.05, 0) is 53.0 Å². The first-order valence-corrected chi connectivity index (χ1v) is 12.0. The number of hydrogen-bond donors (Lipinski definition) is 0. The minimum Gasteiger partial charge on any atom is -0.463 e. The van der Waals surface area contributed by atoms with Crippen LogP contribution in [0.15, 0.2) is 30.3 Å². The molecule has 3 aliphatic rings. The zero-order valence-corrected chi connectivity index (χ0v) is 20.6. The van der Waals surface area contributed by atoms with Gasteiger partial charge in [-0.1, -0.05) is 42.2 Å². The van der Waals surface area contributed by atoms with Gasteiger partial charge >= 0.3 is 5.97 Å². The van der Waals surface area contributed by atoms with Crippen LogP contribution < -0.4 is 0 Å². The van der Waals surface area contributed by atoms with Gasteiger partial charge in [0.1, 0.15) is 12.2 Å². The van der Waals surface area contributed by atoms with Crippen molar-refractivity contribution in [3.8, 4) is 11.8 Å². The summed E-state index contributed by atoms with van der Waals surface area (Å²) in [5.74, 6) is 5.20. The molecule has 0 spiro atoms. The summed E-state index contributed by atoms with van der Waals surface area (Å²) in [5, 5.41) is 0. The number of carbonyl (C=O) groups excluding carboxylic acids is 2. The Balaban J connectivity index is 1.61. The highest BCUT2D eigenvalue weighted by Crippen LogP contribution is 2.48. The maximum Gasteiger partial charge on any atom is 0.346 e. The second-order valence-corrected chi connectivity index (χ2v) is 9.95. The topological polar surface area (TPSA) is 80.3 Å². The summed E-state index contributed by atoms with van der Waals surface area (Å²) in [4.78, 5) is 26.0. The molecule has 1 saturated carbocycles. The van der Waals surface area contributed by atoms with Gasteiger partial charge in [0.05, 0.1) is 18.6 Å². The Labute approximate surface area is 201 Å². The van der Waals surface area contributed by atoms with Crippen molar-refractivity contribution in [3.63, 3.8) is 0 Å². The summed E-state index contributed by atoms with van der Waals surface area (Å²) in [6.07, 6.45) is 0.668. The highest BCUT2D eigenvalue weighted by molar-refractivity contribution is 6.06. The van der Waals surface area contributed by atoms with Gasteiger partial charge in [-0.15, -0.1) is 0 Å². The van der Waals surface area contributed by atoms with Crippen molar-refractivity contribution in [2.75, 3.05) is 13.2 Å². The van der Waals surface area contributed by atoms with Crippen molar-refractivity contribution < 1.29 is 33.3 Å². The summed E-state index contributed by atoms with van der Waals surface area (Å²) in [6.45, 7) is 8.81. The third kappa shape index (κ3) is 4.92. The molecule has 4 rings (SSSR count). The number of ketones is 1. The molecular weight excluding hydrogens is 436 g/mol. The molecule has 34 heavy (non-hydrogen) atoms. The van der Waals surface area contributed by atoms with Crippen molar-refractivity contribution in [2.24, 2.45) is 11.3 Å². The van der Waals surface area contributed by atoms with Crippen molar-refractivity contribution in [2.45, 2.75) is 83.8 Å². The van der Waals surface area contributed by atoms with Crippen molar-refractivity contribution >= 4 is 11.8 Å². The zero-order valence-electron chi connectivity index (χ0n) is 20.6. The minimum absolute atomic E-state index is 0.0405. The van der Waals surface area contributed by atoms with E-state index in [4.69, 9.17) is 23.7 Å². The summed E-state index contributed by atoms with van der Waals surface area (Å²) >= 11 is 0. The van der Waals surface area contributed by atoms with E-state index in [-0.39, 0.29) is 19.6 Å². The molecule has 1 aliphatic carbocycles. The van der Waals surface area contributed by atoms with Crippen molar-refractivity contribution in [1.29, 1.82) is 0 Å². The standard InChI is InChI=1S/C27H34O7/c1-6-30-24(29)27(18(2)28,16-20-10-8-7-9-11-20)31-17-21-26(5,15-14-19-12-13-19)22-23(32-21)34-25(3,4)33-22/h7-11,19,21-23H,6,12-13,16-17H2,1-5H3/t21-,22+,23-,26+,27?/m1/s1. The predicted octanol–water partition coefficient (Wildman–Crippen LogP) is 3.43. The number of esters is 1. The molecule has 5 atom stereocenters. The van der Waals surface area contributed by atoms with Gasteiger partial charge < -0.3 is 23.7 Å². The van der Waals surface area contributed by atoms with E-state index >= 15 is 0 Å². The molecule has 2 heterocycles. The average molecular weight is 471 g/mol. The quantitative estimate of drug-likeness (QED) is 0.327. The van der Waals surface area contributed by atoms with Crippen LogP contribution >= 0.6 is 0 Å². The van der Waals surface area contributed by atoms with Gasteiger partial charge in [0.25, 0.3) is 0 Å². The van der Waals surface area contributed by atoms with E-state index in [1.165, 1.54) is 6.92 Å². The normalized spacial score (nSPS) is 31.1. The Morgan fingerprint density at radius 2 is 1.85 bits per heavy atom. The number of Topliss-reactive ketones (excluding diaryl/α,β-unsaturated/α-hetero) is 1. The molecule has 0 bridgehead atoms. The zero-order chi connectivity index (χ0) is 24.6. The highest BCUT2D eigenvalue weighted by atomic mass is 16.8. The smallest absolute Gasteiger partial charge is 0.346 e. The molecule has 3 fully saturated rings. The molecule has 2 aliphatic heterocycles. The van der Waals surface area contributed by atoms with Crippen LogP contribution in [0.2, 0.25) is 0 Å². The molecule has 0 aromatic heterocycles. The highest BCUT2D eigenvalue weighted by Gasteiger charge is 2.61. The maximum atomic E-state index is 13.1. The third-order valence-electron chi connectivity index (χ3n) is 6.69. The van der Waals surface area contributed by atoms with E-state index in [1.54, 1.807) is 6.92 Å². The van der Waals surface area contributed by atoms with Crippen LogP contribution in [-0.2, 0) is 39.7 Å². The number of rotatable bonds is 8. The van der Waals surface area contributed by atoms with Gasteiger partial charge in [-0.3, -0.25) is 4.79 Å². The van der Waals surface area contributed by atoms with Crippen LogP contribution in [-0.4, -0.2) is 54.9 Å². The summed E-state index contributed by atoms with van der Waals surface area (Å²) in [6, 6.07) is 9.29. The molecule has 184 valence electrons. The lowest BCUT2D eigenvalue weighted by Crippen LogP contribution is -2.53. The molecule has 1 aromatic rings. The number of fused-ring (bicyclic) bond motifs is 1. The van der Waals surface area contributed by atoms with Crippen LogP contribution in [0.4, 0.5) is 0 Å². The van der Waals surface area contributed by atoms with Crippen LogP contribution in [0.25, 0.3) is 0 Å². The number of carbonyl (C=O) groups is 2. The first-order chi connectivity index (χ1) is 16.1. The molecule has 1 unspecified atom stereocenters. The Morgan fingerprint density at radius 1 is 1.15 bits per heavy atom. The Kier molecular flexibility index (Phi) is 6.90. The summed E-state index contributed by atoms with van der Waals surface area (Å²) in [7, 11) is 0. The van der Waals surface area contributed by atoms with E-state index in [2.05, 4.69) is 11.8 Å². The Bertz CT molecular complexity index is 974. The van der Waals surface area contributed by atoms with Crippen LogP contribution in [0, 0.1) is 23.2 Å². The van der Waals surface area contributed by atoms with Crippen LogP contribution in [0.3, 0.4) is 0 Å². The fourth-order valence-corrected chi connectivity index (χ4v) is 4.47. The van der Waals surface area contributed by atoms with E-state index in [0.29, 0.717) is 5.92 Å². The summed E-state index contributed by atoms with van der Waals surface area (Å²) < 4.78 is 29.8. The fourth-order valence-electron chi connectivity index (χ4n) is 4.47. The average Bonchev–Trinajstić information content (AvgIpc) is 3.52. The third-order valence-corrected chi connectivity index (χ3v) is 6.69. The van der Waals surface area contributed by atoms with E-state index < -0.39 is 47.1 Å². The van der Waals surface area contributed by atoms with Crippen LogP contribution in [0.1, 0.15) is 53.0 Å². The fraction of sp³-hybridized carbons (Fsp3) is 0.630. The monoisotopic (exact) mass is 470 g/mol. The Morgan fingerprint density at radius 3 is 2.47 bits per heavy atom. The van der Waals surface area contributed by atoms with Crippen molar-refractivity contribution in [1.82, 2.24) is 0 Å². The summed E-state index contributed by atoms with van der Waals surface area (Å²) in [5.41, 5.74) is -1.73. The molecule has 7 heteroatoms. The van der Waals surface area contributed by atoms with Crippen LogP contribution in [0.5, 0.6) is 0 Å². The number of hydrogen-bond acceptors (Lipinski definition) is 7. The largest absolute Gasteiger partial charge is 0.463 e. The van der Waals surface area contributed by atoms with Gasteiger partial charge in [0, 0.05) is 12.3 Å². The second kappa shape index (κ2) is 9.43. The molecule has 2 saturated heterocycles. The molecule has 0 radical (unpaired) electrons. The minimum atomic E-state index is -1.79. The van der Waals surface area contributed by atoms with Gasteiger partial charge in [0.15, 0.2) is 17.9 Å². The maximum absolute atomic E-state index is 13.1. The first-order valence-electron chi connectivity index (χ1n) is 12.0. The van der Waals surface area contributed by atoms with Gasteiger partial charge in [0.2, 0.25) is 5.60 Å². The number of benzene rings is 1. The lowest BCUT2D eigenvalue weighted by molar-refractivity contribution is -0.224. The predicted molar refractivity (Wildman–Crippen MR) is 123 cm³/mol. The molecule has 7 nitrogen and oxygen atoms in total. The molecule has 1 aromatic carbocycles. The lowest BCUT2D eigenvalue weighted by atomic mass is 9.81. The van der Waals surface area contributed by atoms with E-state index in [0.717, 1.165) is 18.4 Å². The van der Waals surface area contributed by atoms with E-state index in [1.807, 2.05) is 51.1 Å². The van der Waals surface area contributed by atoms with Crippen molar-refractivity contribution in [3.05, 3.63) is 35.9 Å².